The van der Waals surface area contributed by atoms with E-state index >= 15 is 0 Å². The zero-order valence-corrected chi connectivity index (χ0v) is 11.6. The standard InChI is InChI=1S/C13H28N2O2/c1-4-12(8-9-14)6-7-13(16)15(3)10-11-17-5-2/h12H,4-11,14H2,1-3H3. The molecule has 0 aliphatic rings. The third kappa shape index (κ3) is 8.16. The lowest BCUT2D eigenvalue weighted by Crippen LogP contribution is -2.30. The molecule has 17 heavy (non-hydrogen) atoms. The predicted octanol–water partition coefficient (Wildman–Crippen LogP) is 1.64. The molecule has 0 radical (unpaired) electrons. The van der Waals surface area contributed by atoms with Crippen LogP contribution in [0.15, 0.2) is 0 Å². The molecule has 0 saturated heterocycles. The maximum absolute atomic E-state index is 11.8. The van der Waals surface area contributed by atoms with Crippen molar-refractivity contribution in [3.05, 3.63) is 0 Å². The van der Waals surface area contributed by atoms with E-state index in [0.717, 1.165) is 19.3 Å². The van der Waals surface area contributed by atoms with E-state index < -0.39 is 0 Å². The average Bonchev–Trinajstić information content (AvgIpc) is 2.34. The van der Waals surface area contributed by atoms with Crippen LogP contribution >= 0.6 is 0 Å². The van der Waals surface area contributed by atoms with Gasteiger partial charge in [-0.25, -0.2) is 0 Å². The minimum absolute atomic E-state index is 0.208. The number of rotatable bonds is 10. The highest BCUT2D eigenvalue weighted by Crippen LogP contribution is 2.15. The van der Waals surface area contributed by atoms with Gasteiger partial charge in [0.05, 0.1) is 6.61 Å². The Labute approximate surface area is 105 Å². The van der Waals surface area contributed by atoms with Crippen molar-refractivity contribution in [3.8, 4) is 0 Å². The van der Waals surface area contributed by atoms with Crippen molar-refractivity contribution in [3.63, 3.8) is 0 Å². The summed E-state index contributed by atoms with van der Waals surface area (Å²) in [4.78, 5) is 13.6. The van der Waals surface area contributed by atoms with Gasteiger partial charge in [0.1, 0.15) is 0 Å². The van der Waals surface area contributed by atoms with E-state index in [-0.39, 0.29) is 5.91 Å². The second-order valence-corrected chi connectivity index (χ2v) is 4.40. The molecule has 0 aromatic carbocycles. The van der Waals surface area contributed by atoms with Crippen LogP contribution in [0.25, 0.3) is 0 Å². The van der Waals surface area contributed by atoms with Crippen molar-refractivity contribution < 1.29 is 9.53 Å². The first kappa shape index (κ1) is 16.4. The zero-order valence-electron chi connectivity index (χ0n) is 11.6. The Morgan fingerprint density at radius 1 is 1.35 bits per heavy atom. The number of carbonyl (C=O) groups is 1. The van der Waals surface area contributed by atoms with Crippen molar-refractivity contribution in [2.45, 2.75) is 39.5 Å². The van der Waals surface area contributed by atoms with Gasteiger partial charge in [-0.2, -0.15) is 0 Å². The van der Waals surface area contributed by atoms with Crippen LogP contribution in [0.1, 0.15) is 39.5 Å². The number of nitrogens with two attached hydrogens (primary N) is 1. The monoisotopic (exact) mass is 244 g/mol. The third-order valence-corrected chi connectivity index (χ3v) is 3.12. The molecular weight excluding hydrogens is 216 g/mol. The van der Waals surface area contributed by atoms with Crippen LogP contribution in [-0.2, 0) is 9.53 Å². The molecule has 0 aliphatic heterocycles. The first-order valence-electron chi connectivity index (χ1n) is 6.67. The Morgan fingerprint density at radius 3 is 2.59 bits per heavy atom. The van der Waals surface area contributed by atoms with E-state index in [4.69, 9.17) is 10.5 Å². The minimum atomic E-state index is 0.208. The maximum atomic E-state index is 11.8. The number of likely N-dealkylation sites (N-methyl/N-ethyl adjacent to an activating group) is 1. The summed E-state index contributed by atoms with van der Waals surface area (Å²) in [6, 6.07) is 0. The molecule has 1 amide bonds. The largest absolute Gasteiger partial charge is 0.380 e. The lowest BCUT2D eigenvalue weighted by molar-refractivity contribution is -0.130. The minimum Gasteiger partial charge on any atom is -0.380 e. The number of hydrogen-bond donors (Lipinski definition) is 1. The molecule has 1 atom stereocenters. The first-order chi connectivity index (χ1) is 8.15. The van der Waals surface area contributed by atoms with E-state index in [1.54, 1.807) is 4.90 Å². The van der Waals surface area contributed by atoms with Gasteiger partial charge in [0, 0.05) is 26.6 Å². The lowest BCUT2D eigenvalue weighted by Gasteiger charge is -2.19. The molecule has 0 heterocycles. The Morgan fingerprint density at radius 2 is 2.06 bits per heavy atom. The number of carbonyl (C=O) groups excluding carboxylic acids is 1. The predicted molar refractivity (Wildman–Crippen MR) is 70.8 cm³/mol. The molecule has 1 unspecified atom stereocenters. The van der Waals surface area contributed by atoms with Gasteiger partial charge in [-0.3, -0.25) is 4.79 Å². The topological polar surface area (TPSA) is 55.6 Å². The van der Waals surface area contributed by atoms with Gasteiger partial charge in [-0.15, -0.1) is 0 Å². The van der Waals surface area contributed by atoms with Crippen LogP contribution in [0.3, 0.4) is 0 Å². The summed E-state index contributed by atoms with van der Waals surface area (Å²) in [6.45, 7) is 6.84. The van der Waals surface area contributed by atoms with E-state index in [2.05, 4.69) is 6.92 Å². The molecule has 0 spiro atoms. The highest BCUT2D eigenvalue weighted by atomic mass is 16.5. The highest BCUT2D eigenvalue weighted by Gasteiger charge is 2.12. The molecule has 0 saturated carbocycles. The summed E-state index contributed by atoms with van der Waals surface area (Å²) in [7, 11) is 1.84. The molecule has 2 N–H and O–H groups in total. The molecule has 4 heteroatoms. The van der Waals surface area contributed by atoms with E-state index in [1.807, 2.05) is 14.0 Å². The van der Waals surface area contributed by atoms with Crippen LogP contribution in [0.4, 0.5) is 0 Å². The van der Waals surface area contributed by atoms with Crippen LogP contribution in [-0.4, -0.2) is 44.2 Å². The second kappa shape index (κ2) is 10.5. The maximum Gasteiger partial charge on any atom is 0.222 e. The SMILES string of the molecule is CCOCCN(C)C(=O)CCC(CC)CCN. The molecular formula is C13H28N2O2. The van der Waals surface area contributed by atoms with Crippen molar-refractivity contribution in [2.75, 3.05) is 33.4 Å². The van der Waals surface area contributed by atoms with Gasteiger partial charge in [-0.05, 0) is 32.2 Å². The van der Waals surface area contributed by atoms with Crippen LogP contribution in [0.5, 0.6) is 0 Å². The molecule has 0 rings (SSSR count). The van der Waals surface area contributed by atoms with E-state index in [9.17, 15) is 4.79 Å². The van der Waals surface area contributed by atoms with Crippen molar-refractivity contribution in [1.29, 1.82) is 0 Å². The summed E-state index contributed by atoms with van der Waals surface area (Å²) in [5, 5.41) is 0. The number of ether oxygens (including phenoxy) is 1. The fraction of sp³-hybridized carbons (Fsp3) is 0.923. The number of amides is 1. The number of hydrogen-bond acceptors (Lipinski definition) is 3. The van der Waals surface area contributed by atoms with Crippen LogP contribution < -0.4 is 5.73 Å². The van der Waals surface area contributed by atoms with Gasteiger partial charge in [0.2, 0.25) is 5.91 Å². The van der Waals surface area contributed by atoms with Gasteiger partial charge in [0.15, 0.2) is 0 Å². The normalized spacial score (nSPS) is 12.5. The third-order valence-electron chi connectivity index (χ3n) is 3.12. The quantitative estimate of drug-likeness (QED) is 0.594. The second-order valence-electron chi connectivity index (χ2n) is 4.40. The van der Waals surface area contributed by atoms with E-state index in [1.165, 1.54) is 0 Å². The Balaban J connectivity index is 3.75. The summed E-state index contributed by atoms with van der Waals surface area (Å²) in [5.74, 6) is 0.796. The summed E-state index contributed by atoms with van der Waals surface area (Å²) < 4.78 is 5.23. The van der Waals surface area contributed by atoms with Gasteiger partial charge >= 0.3 is 0 Å². The fourth-order valence-electron chi connectivity index (χ4n) is 1.78. The van der Waals surface area contributed by atoms with Crippen molar-refractivity contribution in [2.24, 2.45) is 11.7 Å². The molecule has 4 nitrogen and oxygen atoms in total. The van der Waals surface area contributed by atoms with Gasteiger partial charge < -0.3 is 15.4 Å². The Bertz CT molecular complexity index is 198. The first-order valence-corrected chi connectivity index (χ1v) is 6.67. The van der Waals surface area contributed by atoms with Gasteiger partial charge in [-0.1, -0.05) is 13.3 Å². The molecule has 0 aromatic rings. The molecule has 0 fully saturated rings. The zero-order chi connectivity index (χ0) is 13.1. The number of nitrogens with zero attached hydrogens (tertiary/aromatic N) is 1. The smallest absolute Gasteiger partial charge is 0.222 e. The molecule has 0 aromatic heterocycles. The highest BCUT2D eigenvalue weighted by molar-refractivity contribution is 5.75. The summed E-state index contributed by atoms with van der Waals surface area (Å²) in [5.41, 5.74) is 5.54. The Kier molecular flexibility index (Phi) is 10.2. The molecule has 102 valence electrons. The summed E-state index contributed by atoms with van der Waals surface area (Å²) in [6.07, 6.45) is 3.70. The Hall–Kier alpha value is -0.610. The van der Waals surface area contributed by atoms with E-state index in [0.29, 0.717) is 38.6 Å². The summed E-state index contributed by atoms with van der Waals surface area (Å²) >= 11 is 0. The van der Waals surface area contributed by atoms with Gasteiger partial charge in [0.25, 0.3) is 0 Å². The fourth-order valence-corrected chi connectivity index (χ4v) is 1.78. The van der Waals surface area contributed by atoms with Crippen LogP contribution in [0, 0.1) is 5.92 Å². The van der Waals surface area contributed by atoms with Crippen LogP contribution in [0.2, 0.25) is 0 Å². The van der Waals surface area contributed by atoms with Crippen molar-refractivity contribution >= 4 is 5.91 Å². The molecule has 0 bridgehead atoms. The average molecular weight is 244 g/mol. The lowest BCUT2D eigenvalue weighted by atomic mass is 9.96. The van der Waals surface area contributed by atoms with Crippen molar-refractivity contribution in [1.82, 2.24) is 4.90 Å². The molecule has 0 aliphatic carbocycles.